The Kier molecular flexibility index (Phi) is 4.66. The van der Waals surface area contributed by atoms with E-state index in [0.29, 0.717) is 0 Å². The molecular weight excluding hydrogens is 180 g/mol. The van der Waals surface area contributed by atoms with Gasteiger partial charge in [0.05, 0.1) is 6.10 Å². The summed E-state index contributed by atoms with van der Waals surface area (Å²) in [6.07, 6.45) is 8.05. The third-order valence-electron chi connectivity index (χ3n) is 2.33. The van der Waals surface area contributed by atoms with Crippen LogP contribution in [0, 0.1) is 0 Å². The quantitative estimate of drug-likeness (QED) is 0.523. The molecule has 3 heteroatoms. The zero-order valence-corrected chi connectivity index (χ0v) is 8.61. The Morgan fingerprint density at radius 3 is 2.86 bits per heavy atom. The minimum atomic E-state index is -0.223. The second kappa shape index (κ2) is 5.81. The monoisotopic (exact) mass is 198 g/mol. The maximum atomic E-state index is 10.7. The molecule has 80 valence electrons. The van der Waals surface area contributed by atoms with Crippen LogP contribution in [0.25, 0.3) is 0 Å². The van der Waals surface area contributed by atoms with Crippen molar-refractivity contribution >= 4 is 5.97 Å². The first kappa shape index (κ1) is 11.2. The molecule has 2 atom stereocenters. The van der Waals surface area contributed by atoms with E-state index in [0.717, 1.165) is 32.1 Å². The summed E-state index contributed by atoms with van der Waals surface area (Å²) < 4.78 is 4.99. The van der Waals surface area contributed by atoms with Crippen molar-refractivity contribution < 1.29 is 14.6 Å². The number of aliphatic hydroxyl groups is 1. The minimum absolute atomic E-state index is 0.00551. The van der Waals surface area contributed by atoms with Crippen molar-refractivity contribution in [3.05, 3.63) is 12.2 Å². The SMILES string of the molecule is CC(O)CCCCCC1C=CC(=O)O1. The van der Waals surface area contributed by atoms with E-state index in [2.05, 4.69) is 0 Å². The third-order valence-corrected chi connectivity index (χ3v) is 2.33. The van der Waals surface area contributed by atoms with Gasteiger partial charge in [-0.05, 0) is 32.3 Å². The number of unbranched alkanes of at least 4 members (excludes halogenated alkanes) is 2. The summed E-state index contributed by atoms with van der Waals surface area (Å²) in [6.45, 7) is 1.81. The number of esters is 1. The van der Waals surface area contributed by atoms with Gasteiger partial charge in [0.15, 0.2) is 0 Å². The smallest absolute Gasteiger partial charge is 0.331 e. The standard InChI is InChI=1S/C11H18O3/c1-9(12)5-3-2-4-6-10-7-8-11(13)14-10/h7-10,12H,2-6H2,1H3. The van der Waals surface area contributed by atoms with Gasteiger partial charge in [-0.25, -0.2) is 4.79 Å². The Morgan fingerprint density at radius 1 is 1.50 bits per heavy atom. The lowest BCUT2D eigenvalue weighted by Crippen LogP contribution is -2.07. The largest absolute Gasteiger partial charge is 0.455 e. The third kappa shape index (κ3) is 4.42. The lowest BCUT2D eigenvalue weighted by atomic mass is 10.1. The van der Waals surface area contributed by atoms with Crippen LogP contribution in [0.4, 0.5) is 0 Å². The minimum Gasteiger partial charge on any atom is -0.455 e. The van der Waals surface area contributed by atoms with Gasteiger partial charge in [-0.15, -0.1) is 0 Å². The van der Waals surface area contributed by atoms with Gasteiger partial charge >= 0.3 is 5.97 Å². The van der Waals surface area contributed by atoms with Crippen molar-refractivity contribution in [1.29, 1.82) is 0 Å². The molecule has 14 heavy (non-hydrogen) atoms. The zero-order valence-electron chi connectivity index (χ0n) is 8.61. The number of hydrogen-bond donors (Lipinski definition) is 1. The van der Waals surface area contributed by atoms with Crippen molar-refractivity contribution in [3.8, 4) is 0 Å². The molecule has 0 aromatic carbocycles. The Morgan fingerprint density at radius 2 is 2.29 bits per heavy atom. The summed E-state index contributed by atoms with van der Waals surface area (Å²) in [5.74, 6) is -0.223. The molecule has 0 fully saturated rings. The molecule has 2 unspecified atom stereocenters. The fourth-order valence-corrected chi connectivity index (χ4v) is 1.53. The Bertz CT molecular complexity index is 209. The van der Waals surface area contributed by atoms with E-state index in [1.165, 1.54) is 6.08 Å². The van der Waals surface area contributed by atoms with Gasteiger partial charge < -0.3 is 9.84 Å². The topological polar surface area (TPSA) is 46.5 Å². The molecule has 3 nitrogen and oxygen atoms in total. The van der Waals surface area contributed by atoms with Gasteiger partial charge in [0.2, 0.25) is 0 Å². The molecule has 1 aliphatic heterocycles. The Hall–Kier alpha value is -0.830. The highest BCUT2D eigenvalue weighted by Crippen LogP contribution is 2.14. The second-order valence-corrected chi connectivity index (χ2v) is 3.82. The molecule has 0 aliphatic carbocycles. The fourth-order valence-electron chi connectivity index (χ4n) is 1.53. The van der Waals surface area contributed by atoms with Crippen molar-refractivity contribution in [2.24, 2.45) is 0 Å². The zero-order chi connectivity index (χ0) is 10.4. The van der Waals surface area contributed by atoms with Gasteiger partial charge in [0, 0.05) is 6.08 Å². The van der Waals surface area contributed by atoms with Crippen molar-refractivity contribution in [2.75, 3.05) is 0 Å². The van der Waals surface area contributed by atoms with E-state index in [4.69, 9.17) is 9.84 Å². The molecule has 0 saturated carbocycles. The molecule has 1 heterocycles. The number of cyclic esters (lactones) is 1. The van der Waals surface area contributed by atoms with Gasteiger partial charge in [0.1, 0.15) is 6.10 Å². The van der Waals surface area contributed by atoms with E-state index in [9.17, 15) is 4.79 Å². The van der Waals surface area contributed by atoms with Crippen LogP contribution in [0.1, 0.15) is 39.0 Å². The molecule has 0 aromatic rings. The van der Waals surface area contributed by atoms with Crippen LogP contribution in [0.15, 0.2) is 12.2 Å². The van der Waals surface area contributed by atoms with Gasteiger partial charge in [-0.2, -0.15) is 0 Å². The van der Waals surface area contributed by atoms with E-state index in [1.807, 2.05) is 13.0 Å². The highest BCUT2D eigenvalue weighted by atomic mass is 16.5. The molecule has 0 radical (unpaired) electrons. The molecule has 1 N–H and O–H groups in total. The van der Waals surface area contributed by atoms with Gasteiger partial charge in [-0.3, -0.25) is 0 Å². The number of hydrogen-bond acceptors (Lipinski definition) is 3. The summed E-state index contributed by atoms with van der Waals surface area (Å²) in [5.41, 5.74) is 0. The predicted molar refractivity (Wildman–Crippen MR) is 53.8 cm³/mol. The molecule has 0 spiro atoms. The Labute approximate surface area is 84.8 Å². The van der Waals surface area contributed by atoms with E-state index in [1.54, 1.807) is 0 Å². The summed E-state index contributed by atoms with van der Waals surface area (Å²) in [4.78, 5) is 10.7. The van der Waals surface area contributed by atoms with Crippen LogP contribution in [0.3, 0.4) is 0 Å². The summed E-state index contributed by atoms with van der Waals surface area (Å²) in [6, 6.07) is 0. The Balaban J connectivity index is 1.94. The molecule has 0 amide bonds. The maximum Gasteiger partial charge on any atom is 0.331 e. The summed E-state index contributed by atoms with van der Waals surface area (Å²) in [5, 5.41) is 9.02. The number of rotatable bonds is 6. The van der Waals surface area contributed by atoms with Crippen molar-refractivity contribution in [1.82, 2.24) is 0 Å². The average Bonchev–Trinajstić information content (AvgIpc) is 2.50. The second-order valence-electron chi connectivity index (χ2n) is 3.82. The first-order valence-corrected chi connectivity index (χ1v) is 5.25. The molecule has 1 rings (SSSR count). The van der Waals surface area contributed by atoms with Gasteiger partial charge in [0.25, 0.3) is 0 Å². The molecular formula is C11H18O3. The fraction of sp³-hybridized carbons (Fsp3) is 0.727. The summed E-state index contributed by atoms with van der Waals surface area (Å²) >= 11 is 0. The van der Waals surface area contributed by atoms with Crippen LogP contribution in [-0.4, -0.2) is 23.3 Å². The first-order chi connectivity index (χ1) is 6.68. The number of aliphatic hydroxyl groups excluding tert-OH is 1. The normalized spacial score (nSPS) is 22.4. The van der Waals surface area contributed by atoms with Crippen molar-refractivity contribution in [2.45, 2.75) is 51.2 Å². The molecule has 0 aromatic heterocycles. The highest BCUT2D eigenvalue weighted by molar-refractivity contribution is 5.84. The number of carbonyl (C=O) groups is 1. The summed E-state index contributed by atoms with van der Waals surface area (Å²) in [7, 11) is 0. The van der Waals surface area contributed by atoms with Crippen LogP contribution in [-0.2, 0) is 9.53 Å². The predicted octanol–water partition coefficient (Wildman–Crippen LogP) is 1.80. The van der Waals surface area contributed by atoms with E-state index >= 15 is 0 Å². The highest BCUT2D eigenvalue weighted by Gasteiger charge is 2.15. The molecule has 0 bridgehead atoms. The lowest BCUT2D eigenvalue weighted by Gasteiger charge is -2.08. The van der Waals surface area contributed by atoms with E-state index < -0.39 is 0 Å². The number of carbonyl (C=O) groups excluding carboxylic acids is 1. The molecule has 1 aliphatic rings. The maximum absolute atomic E-state index is 10.7. The number of ether oxygens (including phenoxy) is 1. The van der Waals surface area contributed by atoms with Gasteiger partial charge in [-0.1, -0.05) is 12.8 Å². The average molecular weight is 198 g/mol. The van der Waals surface area contributed by atoms with Crippen LogP contribution < -0.4 is 0 Å². The van der Waals surface area contributed by atoms with Crippen LogP contribution in [0.5, 0.6) is 0 Å². The lowest BCUT2D eigenvalue weighted by molar-refractivity contribution is -0.138. The van der Waals surface area contributed by atoms with Crippen LogP contribution in [0.2, 0.25) is 0 Å². The van der Waals surface area contributed by atoms with E-state index in [-0.39, 0.29) is 18.2 Å². The first-order valence-electron chi connectivity index (χ1n) is 5.25. The van der Waals surface area contributed by atoms with Crippen molar-refractivity contribution in [3.63, 3.8) is 0 Å². The molecule has 0 saturated heterocycles. The van der Waals surface area contributed by atoms with Crippen LogP contribution >= 0.6 is 0 Å².